The van der Waals surface area contributed by atoms with Gasteiger partial charge in [-0.3, -0.25) is 4.90 Å². The molecule has 1 heterocycles. The Labute approximate surface area is 119 Å². The molecule has 19 heavy (non-hydrogen) atoms. The number of nitrogens with zero attached hydrogens (tertiary/aromatic N) is 1. The van der Waals surface area contributed by atoms with Crippen molar-refractivity contribution in [2.24, 2.45) is 17.6 Å². The van der Waals surface area contributed by atoms with Crippen LogP contribution in [0.3, 0.4) is 0 Å². The molecule has 0 aromatic carbocycles. The molecule has 4 atom stereocenters. The van der Waals surface area contributed by atoms with E-state index >= 15 is 0 Å². The summed E-state index contributed by atoms with van der Waals surface area (Å²) in [5, 5.41) is 0. The number of hydrogen-bond acceptors (Lipinski definition) is 2. The zero-order chi connectivity index (χ0) is 13.3. The number of rotatable bonds is 3. The molecule has 110 valence electrons. The second-order valence-corrected chi connectivity index (χ2v) is 7.39. The maximum absolute atomic E-state index is 6.33. The molecule has 3 aliphatic rings. The Hall–Kier alpha value is -0.0800. The van der Waals surface area contributed by atoms with Gasteiger partial charge in [-0.1, -0.05) is 32.6 Å². The second-order valence-electron chi connectivity index (χ2n) is 7.39. The highest BCUT2D eigenvalue weighted by Crippen LogP contribution is 2.45. The summed E-state index contributed by atoms with van der Waals surface area (Å²) in [6.45, 7) is 4.59. The minimum absolute atomic E-state index is 0.368. The van der Waals surface area contributed by atoms with Crippen LogP contribution in [0.1, 0.15) is 71.1 Å². The molecule has 4 unspecified atom stereocenters. The monoisotopic (exact) mass is 264 g/mol. The molecule has 3 rings (SSSR count). The van der Waals surface area contributed by atoms with Crippen LogP contribution in [0.2, 0.25) is 0 Å². The van der Waals surface area contributed by atoms with E-state index in [4.69, 9.17) is 5.73 Å². The second kappa shape index (κ2) is 5.73. The highest BCUT2D eigenvalue weighted by molar-refractivity contribution is 5.02. The summed E-state index contributed by atoms with van der Waals surface area (Å²) >= 11 is 0. The van der Waals surface area contributed by atoms with Gasteiger partial charge in [-0.2, -0.15) is 0 Å². The van der Waals surface area contributed by atoms with Gasteiger partial charge in [0.05, 0.1) is 0 Å². The Morgan fingerprint density at radius 1 is 1.11 bits per heavy atom. The van der Waals surface area contributed by atoms with E-state index in [1.54, 1.807) is 0 Å². The smallest absolute Gasteiger partial charge is 0.0337 e. The summed E-state index contributed by atoms with van der Waals surface area (Å²) in [4.78, 5) is 2.91. The first-order valence-electron chi connectivity index (χ1n) is 8.76. The van der Waals surface area contributed by atoms with Crippen LogP contribution in [-0.2, 0) is 0 Å². The summed E-state index contributed by atoms with van der Waals surface area (Å²) < 4.78 is 0. The summed E-state index contributed by atoms with van der Waals surface area (Å²) in [7, 11) is 0. The molecule has 2 heteroatoms. The fourth-order valence-corrected chi connectivity index (χ4v) is 5.42. The Kier molecular flexibility index (Phi) is 4.19. The van der Waals surface area contributed by atoms with Crippen LogP contribution in [0.5, 0.6) is 0 Å². The summed E-state index contributed by atoms with van der Waals surface area (Å²) in [6.07, 6.45) is 14.2. The fraction of sp³-hybridized carbons (Fsp3) is 1.00. The summed E-state index contributed by atoms with van der Waals surface area (Å²) in [5.41, 5.74) is 6.69. The molecule has 1 aliphatic heterocycles. The zero-order valence-corrected chi connectivity index (χ0v) is 12.7. The molecule has 2 saturated carbocycles. The van der Waals surface area contributed by atoms with E-state index in [-0.39, 0.29) is 0 Å². The minimum atomic E-state index is 0.368. The van der Waals surface area contributed by atoms with Gasteiger partial charge < -0.3 is 5.73 Å². The van der Waals surface area contributed by atoms with Crippen molar-refractivity contribution < 1.29 is 0 Å². The van der Waals surface area contributed by atoms with Crippen molar-refractivity contribution in [3.8, 4) is 0 Å². The molecular formula is C17H32N2. The van der Waals surface area contributed by atoms with Gasteiger partial charge in [-0.15, -0.1) is 0 Å². The molecule has 0 bridgehead atoms. The molecule has 0 spiro atoms. The first kappa shape index (κ1) is 13.9. The van der Waals surface area contributed by atoms with Crippen molar-refractivity contribution in [1.82, 2.24) is 4.90 Å². The van der Waals surface area contributed by atoms with Crippen molar-refractivity contribution in [3.05, 3.63) is 0 Å². The third-order valence-electron chi connectivity index (χ3n) is 6.48. The molecule has 0 amide bonds. The molecule has 0 radical (unpaired) electrons. The highest BCUT2D eigenvalue weighted by Gasteiger charge is 2.46. The first-order chi connectivity index (χ1) is 9.29. The number of likely N-dealkylation sites (tertiary alicyclic amines) is 1. The molecule has 2 N–H and O–H groups in total. The average molecular weight is 264 g/mol. The lowest BCUT2D eigenvalue weighted by Crippen LogP contribution is -2.62. The number of piperidine rings is 1. The quantitative estimate of drug-likeness (QED) is 0.844. The van der Waals surface area contributed by atoms with Crippen LogP contribution in [0.4, 0.5) is 0 Å². The first-order valence-corrected chi connectivity index (χ1v) is 8.76. The molecule has 0 aromatic rings. The Balaban J connectivity index is 1.79. The SMILES string of the molecule is CCC1CCCC(CN)(N2CCCC3CCCC32)C1. The Bertz CT molecular complexity index is 304. The average Bonchev–Trinajstić information content (AvgIpc) is 2.95. The van der Waals surface area contributed by atoms with E-state index < -0.39 is 0 Å². The van der Waals surface area contributed by atoms with E-state index in [0.29, 0.717) is 5.54 Å². The number of hydrogen-bond donors (Lipinski definition) is 1. The van der Waals surface area contributed by atoms with E-state index in [9.17, 15) is 0 Å². The van der Waals surface area contributed by atoms with Crippen LogP contribution in [-0.4, -0.2) is 29.6 Å². The predicted octanol–water partition coefficient (Wildman–Crippen LogP) is 3.55. The van der Waals surface area contributed by atoms with Gasteiger partial charge in [0.1, 0.15) is 0 Å². The van der Waals surface area contributed by atoms with Crippen molar-refractivity contribution in [1.29, 1.82) is 0 Å². The molecule has 2 nitrogen and oxygen atoms in total. The van der Waals surface area contributed by atoms with Crippen molar-refractivity contribution in [2.75, 3.05) is 13.1 Å². The van der Waals surface area contributed by atoms with Gasteiger partial charge in [0.2, 0.25) is 0 Å². The van der Waals surface area contributed by atoms with Gasteiger partial charge in [-0.25, -0.2) is 0 Å². The lowest BCUT2D eigenvalue weighted by molar-refractivity contribution is -0.0308. The van der Waals surface area contributed by atoms with Gasteiger partial charge in [-0.05, 0) is 56.9 Å². The number of nitrogens with two attached hydrogens (primary N) is 1. The van der Waals surface area contributed by atoms with E-state index in [1.165, 1.54) is 70.8 Å². The zero-order valence-electron chi connectivity index (χ0n) is 12.7. The van der Waals surface area contributed by atoms with Crippen molar-refractivity contribution >= 4 is 0 Å². The van der Waals surface area contributed by atoms with Crippen LogP contribution < -0.4 is 5.73 Å². The molecule has 3 fully saturated rings. The third-order valence-corrected chi connectivity index (χ3v) is 6.48. The van der Waals surface area contributed by atoms with E-state index in [1.807, 2.05) is 0 Å². The summed E-state index contributed by atoms with van der Waals surface area (Å²) in [5.74, 6) is 1.93. The van der Waals surface area contributed by atoms with Gasteiger partial charge in [0, 0.05) is 18.1 Å². The molecular weight excluding hydrogens is 232 g/mol. The van der Waals surface area contributed by atoms with E-state index in [0.717, 1.165) is 24.4 Å². The topological polar surface area (TPSA) is 29.3 Å². The highest BCUT2D eigenvalue weighted by atomic mass is 15.3. The van der Waals surface area contributed by atoms with E-state index in [2.05, 4.69) is 11.8 Å². The van der Waals surface area contributed by atoms with Gasteiger partial charge >= 0.3 is 0 Å². The maximum Gasteiger partial charge on any atom is 0.0337 e. The minimum Gasteiger partial charge on any atom is -0.329 e. The van der Waals surface area contributed by atoms with Gasteiger partial charge in [0.15, 0.2) is 0 Å². The molecule has 1 saturated heterocycles. The van der Waals surface area contributed by atoms with Crippen molar-refractivity contribution in [3.63, 3.8) is 0 Å². The van der Waals surface area contributed by atoms with Crippen LogP contribution in [0.15, 0.2) is 0 Å². The number of fused-ring (bicyclic) bond motifs is 1. The van der Waals surface area contributed by atoms with Crippen LogP contribution in [0.25, 0.3) is 0 Å². The Morgan fingerprint density at radius 3 is 2.74 bits per heavy atom. The predicted molar refractivity (Wildman–Crippen MR) is 81.1 cm³/mol. The van der Waals surface area contributed by atoms with Gasteiger partial charge in [0.25, 0.3) is 0 Å². The fourth-order valence-electron chi connectivity index (χ4n) is 5.42. The third kappa shape index (κ3) is 2.47. The standard InChI is InChI=1S/C17H32N2/c1-2-14-6-4-10-17(12-14,13-18)19-11-5-8-15-7-3-9-16(15)19/h14-16H,2-13,18H2,1H3. The van der Waals surface area contributed by atoms with Crippen LogP contribution in [0, 0.1) is 11.8 Å². The molecule has 2 aliphatic carbocycles. The lowest BCUT2D eigenvalue weighted by Gasteiger charge is -2.54. The van der Waals surface area contributed by atoms with Crippen LogP contribution >= 0.6 is 0 Å². The largest absolute Gasteiger partial charge is 0.329 e. The maximum atomic E-state index is 6.33. The summed E-state index contributed by atoms with van der Waals surface area (Å²) in [6, 6.07) is 0.882. The Morgan fingerprint density at radius 2 is 1.95 bits per heavy atom. The van der Waals surface area contributed by atoms with Crippen molar-refractivity contribution in [2.45, 2.75) is 82.7 Å². The molecule has 0 aromatic heterocycles. The lowest BCUT2D eigenvalue weighted by atomic mass is 9.71. The normalized spacial score (nSPS) is 44.2.